The van der Waals surface area contributed by atoms with Crippen LogP contribution in [-0.2, 0) is 14.8 Å². The molecule has 3 N–H and O–H groups in total. The monoisotopic (exact) mass is 309 g/mol. The maximum absolute atomic E-state index is 12.2. The first-order valence-electron chi connectivity index (χ1n) is 6.70. The minimum atomic E-state index is -3.56. The number of hydrogen-bond donors (Lipinski definition) is 2. The van der Waals surface area contributed by atoms with E-state index in [-0.39, 0.29) is 17.5 Å². The second kappa shape index (κ2) is 6.38. The fourth-order valence-electron chi connectivity index (χ4n) is 1.94. The molecule has 0 bridgehead atoms. The molecule has 2 aromatic rings. The molecule has 114 valence electrons. The lowest BCUT2D eigenvalue weighted by Crippen LogP contribution is -2.32. The van der Waals surface area contributed by atoms with Crippen LogP contribution in [0.3, 0.4) is 0 Å². The molecule has 2 rings (SSSR count). The Morgan fingerprint density at radius 3 is 2.81 bits per heavy atom. The Kier molecular flexibility index (Phi) is 4.76. The van der Waals surface area contributed by atoms with Gasteiger partial charge in [0.05, 0.1) is 16.5 Å². The third-order valence-corrected chi connectivity index (χ3v) is 4.43. The second-order valence-corrected chi connectivity index (χ2v) is 6.48. The van der Waals surface area contributed by atoms with Crippen molar-refractivity contribution in [1.29, 1.82) is 0 Å². The zero-order valence-corrected chi connectivity index (χ0v) is 12.9. The summed E-state index contributed by atoms with van der Waals surface area (Å²) < 4.78 is 32.3. The number of nitrogen functional groups attached to an aromatic ring is 1. The van der Waals surface area contributed by atoms with Gasteiger partial charge in [-0.05, 0) is 44.2 Å². The van der Waals surface area contributed by atoms with E-state index < -0.39 is 10.0 Å². The molecule has 0 fully saturated rings. The Labute approximate surface area is 124 Å². The highest BCUT2D eigenvalue weighted by molar-refractivity contribution is 7.89. The summed E-state index contributed by atoms with van der Waals surface area (Å²) in [5, 5.41) is 0.727. The van der Waals surface area contributed by atoms with Gasteiger partial charge in [0.25, 0.3) is 0 Å². The summed E-state index contributed by atoms with van der Waals surface area (Å²) in [6, 6.07) is 8.13. The van der Waals surface area contributed by atoms with Crippen LogP contribution < -0.4 is 10.5 Å². The van der Waals surface area contributed by atoms with Gasteiger partial charge >= 0.3 is 0 Å². The number of fused-ring (bicyclic) bond motifs is 1. The van der Waals surface area contributed by atoms with E-state index in [9.17, 15) is 8.42 Å². The number of pyridine rings is 1. The number of sulfonamides is 1. The van der Waals surface area contributed by atoms with E-state index in [4.69, 9.17) is 10.5 Å². The van der Waals surface area contributed by atoms with E-state index in [1.807, 2.05) is 13.8 Å². The molecular formula is C14H19N3O3S. The van der Waals surface area contributed by atoms with E-state index in [0.717, 1.165) is 5.39 Å². The Balaban J connectivity index is 2.22. The molecule has 6 nitrogen and oxygen atoms in total. The van der Waals surface area contributed by atoms with Crippen LogP contribution in [-0.4, -0.2) is 32.7 Å². The van der Waals surface area contributed by atoms with Crippen molar-refractivity contribution in [2.75, 3.05) is 18.9 Å². The molecule has 0 spiro atoms. The van der Waals surface area contributed by atoms with Gasteiger partial charge in [-0.3, -0.25) is 0 Å². The average molecular weight is 309 g/mol. The summed E-state index contributed by atoms with van der Waals surface area (Å²) in [5.41, 5.74) is 6.27. The third-order valence-electron chi connectivity index (χ3n) is 3.00. The lowest BCUT2D eigenvalue weighted by molar-refractivity contribution is 0.0799. The first kappa shape index (κ1) is 15.7. The smallest absolute Gasteiger partial charge is 0.240 e. The van der Waals surface area contributed by atoms with Gasteiger partial charge < -0.3 is 10.5 Å². The minimum Gasteiger partial charge on any atom is -0.384 e. The highest BCUT2D eigenvalue weighted by Crippen LogP contribution is 2.18. The van der Waals surface area contributed by atoms with E-state index in [1.54, 1.807) is 24.3 Å². The maximum atomic E-state index is 12.2. The predicted octanol–water partition coefficient (Wildman–Crippen LogP) is 1.52. The van der Waals surface area contributed by atoms with Crippen LogP contribution in [0.2, 0.25) is 0 Å². The van der Waals surface area contributed by atoms with Crippen LogP contribution in [0.25, 0.3) is 10.9 Å². The summed E-state index contributed by atoms with van der Waals surface area (Å²) in [6.45, 7) is 4.46. The number of benzene rings is 1. The molecule has 21 heavy (non-hydrogen) atoms. The number of nitrogens with one attached hydrogen (secondary N) is 1. The topological polar surface area (TPSA) is 94.3 Å². The zero-order chi connectivity index (χ0) is 15.5. The van der Waals surface area contributed by atoms with Crippen LogP contribution in [0.5, 0.6) is 0 Å². The highest BCUT2D eigenvalue weighted by Gasteiger charge is 2.15. The Morgan fingerprint density at radius 2 is 2.10 bits per heavy atom. The number of rotatable bonds is 6. The van der Waals surface area contributed by atoms with Crippen LogP contribution >= 0.6 is 0 Å². The fourth-order valence-corrected chi connectivity index (χ4v) is 3.09. The predicted molar refractivity (Wildman–Crippen MR) is 82.4 cm³/mol. The highest BCUT2D eigenvalue weighted by atomic mass is 32.2. The van der Waals surface area contributed by atoms with Gasteiger partial charge in [0, 0.05) is 18.5 Å². The van der Waals surface area contributed by atoms with Gasteiger partial charge in [0.15, 0.2) is 0 Å². The summed E-state index contributed by atoms with van der Waals surface area (Å²) in [5.74, 6) is 0.404. The average Bonchev–Trinajstić information content (AvgIpc) is 2.45. The molecule has 0 aliphatic carbocycles. The Morgan fingerprint density at radius 1 is 1.33 bits per heavy atom. The first-order chi connectivity index (χ1) is 9.92. The molecule has 0 saturated heterocycles. The van der Waals surface area contributed by atoms with Crippen LogP contribution in [0.15, 0.2) is 35.2 Å². The van der Waals surface area contributed by atoms with Gasteiger partial charge in [-0.15, -0.1) is 0 Å². The number of nitrogens with two attached hydrogens (primary N) is 1. The van der Waals surface area contributed by atoms with Crippen molar-refractivity contribution in [3.8, 4) is 0 Å². The van der Waals surface area contributed by atoms with E-state index in [1.165, 1.54) is 6.07 Å². The Hall–Kier alpha value is -1.70. The summed E-state index contributed by atoms with van der Waals surface area (Å²) in [7, 11) is -3.56. The van der Waals surface area contributed by atoms with E-state index in [0.29, 0.717) is 17.9 Å². The number of ether oxygens (including phenoxy) is 1. The van der Waals surface area contributed by atoms with Crippen molar-refractivity contribution < 1.29 is 13.2 Å². The number of nitrogens with zero attached hydrogens (tertiary/aromatic N) is 1. The van der Waals surface area contributed by atoms with Crippen LogP contribution in [0.4, 0.5) is 5.82 Å². The number of hydrogen-bond acceptors (Lipinski definition) is 5. The molecule has 0 aliphatic heterocycles. The van der Waals surface area contributed by atoms with Crippen molar-refractivity contribution in [2.45, 2.75) is 24.8 Å². The Bertz CT molecular complexity index is 731. The van der Waals surface area contributed by atoms with E-state index >= 15 is 0 Å². The molecule has 0 saturated carbocycles. The van der Waals surface area contributed by atoms with Gasteiger partial charge in [0.1, 0.15) is 5.82 Å². The molecule has 7 heteroatoms. The van der Waals surface area contributed by atoms with Crippen molar-refractivity contribution in [2.24, 2.45) is 0 Å². The van der Waals surface area contributed by atoms with Crippen molar-refractivity contribution >= 4 is 26.7 Å². The van der Waals surface area contributed by atoms with Crippen molar-refractivity contribution in [3.05, 3.63) is 30.3 Å². The summed E-state index contributed by atoms with van der Waals surface area (Å²) in [6.07, 6.45) is -0.174. The fraction of sp³-hybridized carbons (Fsp3) is 0.357. The maximum Gasteiger partial charge on any atom is 0.240 e. The van der Waals surface area contributed by atoms with Crippen molar-refractivity contribution in [1.82, 2.24) is 9.71 Å². The third kappa shape index (κ3) is 3.90. The molecular weight excluding hydrogens is 290 g/mol. The van der Waals surface area contributed by atoms with Crippen LogP contribution in [0.1, 0.15) is 13.8 Å². The first-order valence-corrected chi connectivity index (χ1v) is 8.18. The molecule has 0 amide bonds. The standard InChI is InChI=1S/C14H19N3O3S/c1-3-20-10(2)9-16-21(18,19)12-5-6-13-11(8-12)4-7-14(15)17-13/h4-8,10,16H,3,9H2,1-2H3,(H2,15,17). The molecule has 1 atom stereocenters. The molecule has 1 aromatic carbocycles. The van der Waals surface area contributed by atoms with Gasteiger partial charge in [0.2, 0.25) is 10.0 Å². The summed E-state index contributed by atoms with van der Waals surface area (Å²) >= 11 is 0. The van der Waals surface area contributed by atoms with E-state index in [2.05, 4.69) is 9.71 Å². The number of anilines is 1. The zero-order valence-electron chi connectivity index (χ0n) is 12.0. The van der Waals surface area contributed by atoms with Crippen LogP contribution in [0, 0.1) is 0 Å². The minimum absolute atomic E-state index is 0.174. The van der Waals surface area contributed by atoms with Crippen molar-refractivity contribution in [3.63, 3.8) is 0 Å². The summed E-state index contributed by atoms with van der Waals surface area (Å²) in [4.78, 5) is 4.34. The number of aromatic nitrogens is 1. The lowest BCUT2D eigenvalue weighted by Gasteiger charge is -2.13. The van der Waals surface area contributed by atoms with Gasteiger partial charge in [-0.1, -0.05) is 0 Å². The molecule has 1 aromatic heterocycles. The lowest BCUT2D eigenvalue weighted by atomic mass is 10.2. The van der Waals surface area contributed by atoms with Gasteiger partial charge in [-0.2, -0.15) is 0 Å². The SMILES string of the molecule is CCOC(C)CNS(=O)(=O)c1ccc2nc(N)ccc2c1. The largest absolute Gasteiger partial charge is 0.384 e. The van der Waals surface area contributed by atoms with Gasteiger partial charge in [-0.25, -0.2) is 18.1 Å². The second-order valence-electron chi connectivity index (χ2n) is 4.71. The normalized spacial score (nSPS) is 13.4. The quantitative estimate of drug-likeness (QED) is 0.843. The molecule has 0 aliphatic rings. The molecule has 0 radical (unpaired) electrons. The molecule has 1 heterocycles. The molecule has 1 unspecified atom stereocenters.